The molecule has 0 fully saturated rings. The van der Waals surface area contributed by atoms with Gasteiger partial charge in [0.15, 0.2) is 0 Å². The number of hydrogen-bond acceptors (Lipinski definition) is 1. The fraction of sp³-hybridized carbons (Fsp3) is 0.133. The molecule has 18 heavy (non-hydrogen) atoms. The fourth-order valence-electron chi connectivity index (χ4n) is 1.79. The maximum Gasteiger partial charge on any atom is 0.0753 e. The fourth-order valence-corrected chi connectivity index (χ4v) is 2.04. The lowest BCUT2D eigenvalue weighted by molar-refractivity contribution is 0.849. The van der Waals surface area contributed by atoms with Gasteiger partial charge in [0.05, 0.1) is 12.0 Å². The monoisotopic (exact) mass is 275 g/mol. The van der Waals surface area contributed by atoms with E-state index in [1.807, 2.05) is 48.5 Å². The summed E-state index contributed by atoms with van der Waals surface area (Å²) >= 11 is 11.7. The molecule has 2 aromatic carbocycles. The van der Waals surface area contributed by atoms with Gasteiger partial charge in [0.2, 0.25) is 0 Å². The van der Waals surface area contributed by atoms with Crippen LogP contribution in [0.15, 0.2) is 48.5 Å². The molecule has 0 radical (unpaired) electrons. The highest BCUT2D eigenvalue weighted by Crippen LogP contribution is 2.22. The molecule has 90 valence electrons. The summed E-state index contributed by atoms with van der Waals surface area (Å²) in [4.78, 5) is 0. The number of benzene rings is 2. The molecule has 1 atom stereocenters. The van der Waals surface area contributed by atoms with E-state index in [1.54, 1.807) is 0 Å². The largest absolute Gasteiger partial charge is 0.198 e. The average molecular weight is 276 g/mol. The zero-order valence-corrected chi connectivity index (χ0v) is 11.1. The lowest BCUT2D eigenvalue weighted by Gasteiger charge is -2.09. The standard InChI is InChI=1S/C15H11Cl2N/c16-14-5-1-11(2-6-14)9-13(10-18)12-3-7-15(17)8-4-12/h1-8,13H,9H2/t13-/m1/s1. The zero-order valence-electron chi connectivity index (χ0n) is 9.61. The Morgan fingerprint density at radius 3 is 1.89 bits per heavy atom. The molecule has 0 bridgehead atoms. The third kappa shape index (κ3) is 3.26. The summed E-state index contributed by atoms with van der Waals surface area (Å²) in [6, 6.07) is 17.3. The van der Waals surface area contributed by atoms with Gasteiger partial charge in [0, 0.05) is 10.0 Å². The highest BCUT2D eigenvalue weighted by molar-refractivity contribution is 6.30. The summed E-state index contributed by atoms with van der Waals surface area (Å²) in [5, 5.41) is 10.6. The Kier molecular flexibility index (Phi) is 4.25. The molecule has 0 aliphatic carbocycles. The first-order chi connectivity index (χ1) is 8.69. The molecule has 3 heteroatoms. The molecular weight excluding hydrogens is 265 g/mol. The summed E-state index contributed by atoms with van der Waals surface area (Å²) in [5.74, 6) is -0.163. The van der Waals surface area contributed by atoms with E-state index in [0.717, 1.165) is 11.1 Å². The van der Waals surface area contributed by atoms with Gasteiger partial charge in [0.1, 0.15) is 0 Å². The molecule has 0 aromatic heterocycles. The van der Waals surface area contributed by atoms with Crippen molar-refractivity contribution in [3.63, 3.8) is 0 Å². The second-order valence-electron chi connectivity index (χ2n) is 4.06. The molecule has 0 spiro atoms. The lowest BCUT2D eigenvalue weighted by atomic mass is 9.93. The second kappa shape index (κ2) is 5.91. The summed E-state index contributed by atoms with van der Waals surface area (Å²) in [6.07, 6.45) is 0.676. The van der Waals surface area contributed by atoms with E-state index in [9.17, 15) is 5.26 Å². The topological polar surface area (TPSA) is 23.8 Å². The van der Waals surface area contributed by atoms with Crippen LogP contribution < -0.4 is 0 Å². The van der Waals surface area contributed by atoms with Crippen LogP contribution in [0.4, 0.5) is 0 Å². The van der Waals surface area contributed by atoms with Crippen molar-refractivity contribution in [1.29, 1.82) is 5.26 Å². The van der Waals surface area contributed by atoms with Gasteiger partial charge in [-0.1, -0.05) is 47.5 Å². The highest BCUT2D eigenvalue weighted by atomic mass is 35.5. The van der Waals surface area contributed by atoms with Crippen molar-refractivity contribution >= 4 is 23.2 Å². The second-order valence-corrected chi connectivity index (χ2v) is 4.94. The molecular formula is C15H11Cl2N. The van der Waals surface area contributed by atoms with E-state index in [2.05, 4.69) is 6.07 Å². The summed E-state index contributed by atoms with van der Waals surface area (Å²) in [6.45, 7) is 0. The van der Waals surface area contributed by atoms with Crippen molar-refractivity contribution in [3.05, 3.63) is 69.7 Å². The Hall–Kier alpha value is -1.49. The van der Waals surface area contributed by atoms with E-state index in [0.29, 0.717) is 16.5 Å². The SMILES string of the molecule is N#C[C@@H](Cc1ccc(Cl)cc1)c1ccc(Cl)cc1. The van der Waals surface area contributed by atoms with Crippen molar-refractivity contribution in [2.45, 2.75) is 12.3 Å². The highest BCUT2D eigenvalue weighted by Gasteiger charge is 2.11. The molecule has 1 nitrogen and oxygen atoms in total. The van der Waals surface area contributed by atoms with E-state index in [-0.39, 0.29) is 5.92 Å². The minimum absolute atomic E-state index is 0.163. The van der Waals surface area contributed by atoms with Crippen LogP contribution in [-0.4, -0.2) is 0 Å². The first-order valence-electron chi connectivity index (χ1n) is 5.58. The van der Waals surface area contributed by atoms with Crippen LogP contribution in [0, 0.1) is 11.3 Å². The van der Waals surface area contributed by atoms with E-state index >= 15 is 0 Å². The summed E-state index contributed by atoms with van der Waals surface area (Å²) < 4.78 is 0. The van der Waals surface area contributed by atoms with E-state index in [4.69, 9.17) is 23.2 Å². The van der Waals surface area contributed by atoms with Crippen LogP contribution in [0.5, 0.6) is 0 Å². The van der Waals surface area contributed by atoms with E-state index in [1.165, 1.54) is 0 Å². The quantitative estimate of drug-likeness (QED) is 0.786. The van der Waals surface area contributed by atoms with Crippen molar-refractivity contribution in [3.8, 4) is 6.07 Å². The maximum atomic E-state index is 9.26. The van der Waals surface area contributed by atoms with Gasteiger partial charge in [-0.25, -0.2) is 0 Å². The molecule has 0 N–H and O–H groups in total. The van der Waals surface area contributed by atoms with Crippen molar-refractivity contribution < 1.29 is 0 Å². The van der Waals surface area contributed by atoms with Gasteiger partial charge in [-0.3, -0.25) is 0 Å². The molecule has 0 heterocycles. The lowest BCUT2D eigenvalue weighted by Crippen LogP contribution is -2.00. The molecule has 0 aliphatic heterocycles. The molecule has 2 aromatic rings. The smallest absolute Gasteiger partial charge is 0.0753 e. The summed E-state index contributed by atoms with van der Waals surface area (Å²) in [7, 11) is 0. The van der Waals surface area contributed by atoms with Gasteiger partial charge < -0.3 is 0 Å². The van der Waals surface area contributed by atoms with Gasteiger partial charge in [-0.05, 0) is 41.8 Å². The molecule has 2 rings (SSSR count). The Labute approximate surface area is 117 Å². The predicted molar refractivity (Wildman–Crippen MR) is 75.0 cm³/mol. The third-order valence-corrected chi connectivity index (χ3v) is 3.29. The molecule has 0 amide bonds. The summed E-state index contributed by atoms with van der Waals surface area (Å²) in [5.41, 5.74) is 2.08. The Morgan fingerprint density at radius 2 is 1.39 bits per heavy atom. The van der Waals surface area contributed by atoms with Crippen LogP contribution in [0.2, 0.25) is 10.0 Å². The van der Waals surface area contributed by atoms with Gasteiger partial charge in [-0.2, -0.15) is 5.26 Å². The van der Waals surface area contributed by atoms with Crippen molar-refractivity contribution in [2.75, 3.05) is 0 Å². The van der Waals surface area contributed by atoms with Crippen LogP contribution in [0.1, 0.15) is 17.0 Å². The van der Waals surface area contributed by atoms with Gasteiger partial charge in [-0.15, -0.1) is 0 Å². The van der Waals surface area contributed by atoms with Crippen molar-refractivity contribution in [1.82, 2.24) is 0 Å². The number of rotatable bonds is 3. The van der Waals surface area contributed by atoms with Crippen LogP contribution in [0.3, 0.4) is 0 Å². The maximum absolute atomic E-state index is 9.26. The number of nitriles is 1. The molecule has 0 unspecified atom stereocenters. The number of hydrogen-bond donors (Lipinski definition) is 0. The molecule has 0 saturated carbocycles. The Morgan fingerprint density at radius 1 is 0.889 bits per heavy atom. The average Bonchev–Trinajstić information content (AvgIpc) is 2.39. The Balaban J connectivity index is 2.17. The van der Waals surface area contributed by atoms with Gasteiger partial charge in [0.25, 0.3) is 0 Å². The third-order valence-electron chi connectivity index (χ3n) is 2.78. The molecule has 0 saturated heterocycles. The first-order valence-corrected chi connectivity index (χ1v) is 6.34. The Bertz CT molecular complexity index is 553. The normalized spacial score (nSPS) is 11.8. The zero-order chi connectivity index (χ0) is 13.0. The van der Waals surface area contributed by atoms with Gasteiger partial charge >= 0.3 is 0 Å². The van der Waals surface area contributed by atoms with Crippen molar-refractivity contribution in [2.24, 2.45) is 0 Å². The minimum atomic E-state index is -0.163. The van der Waals surface area contributed by atoms with Crippen LogP contribution >= 0.6 is 23.2 Å². The molecule has 0 aliphatic rings. The number of nitrogens with zero attached hydrogens (tertiary/aromatic N) is 1. The minimum Gasteiger partial charge on any atom is -0.198 e. The van der Waals surface area contributed by atoms with E-state index < -0.39 is 0 Å². The van der Waals surface area contributed by atoms with Crippen LogP contribution in [-0.2, 0) is 6.42 Å². The predicted octanol–water partition coefficient (Wildman–Crippen LogP) is 4.84. The number of halogens is 2. The first kappa shape index (κ1) is 13.0. The van der Waals surface area contributed by atoms with Crippen LogP contribution in [0.25, 0.3) is 0 Å².